The maximum Gasteiger partial charge on any atom is 0.214 e. The van der Waals surface area contributed by atoms with E-state index in [-0.39, 0.29) is 5.82 Å². The van der Waals surface area contributed by atoms with E-state index in [1.54, 1.807) is 48.9 Å². The number of benzene rings is 2. The monoisotopic (exact) mass is 425 g/mol. The second-order valence-corrected chi connectivity index (χ2v) is 6.91. The third kappa shape index (κ3) is 4.47. The zero-order valence-electron chi connectivity index (χ0n) is 17.3. The lowest BCUT2D eigenvalue weighted by Crippen LogP contribution is -2.39. The molecule has 4 rings (SSSR count). The molecule has 2 N–H and O–H groups in total. The van der Waals surface area contributed by atoms with Crippen molar-refractivity contribution in [1.29, 1.82) is 5.26 Å². The van der Waals surface area contributed by atoms with Crippen molar-refractivity contribution in [2.45, 2.75) is 6.54 Å². The predicted molar refractivity (Wildman–Crippen MR) is 122 cm³/mol. The Kier molecular flexibility index (Phi) is 6.18. The van der Waals surface area contributed by atoms with Crippen molar-refractivity contribution < 1.29 is 4.39 Å². The highest BCUT2D eigenvalue weighted by atomic mass is 19.1. The van der Waals surface area contributed by atoms with Crippen LogP contribution in [0.4, 0.5) is 10.3 Å². The summed E-state index contributed by atoms with van der Waals surface area (Å²) in [6.07, 6.45) is 8.75. The first kappa shape index (κ1) is 20.8. The van der Waals surface area contributed by atoms with Gasteiger partial charge in [0, 0.05) is 31.8 Å². The molecule has 2 heterocycles. The summed E-state index contributed by atoms with van der Waals surface area (Å²) in [6.45, 7) is 0.413. The van der Waals surface area contributed by atoms with Gasteiger partial charge in [-0.1, -0.05) is 24.3 Å². The second-order valence-electron chi connectivity index (χ2n) is 6.91. The molecule has 0 bridgehead atoms. The molecule has 0 unspecified atom stereocenters. The zero-order chi connectivity index (χ0) is 22.3. The van der Waals surface area contributed by atoms with E-state index in [0.717, 1.165) is 27.8 Å². The maximum atomic E-state index is 13.5. The van der Waals surface area contributed by atoms with Crippen molar-refractivity contribution in [3.8, 4) is 28.4 Å². The number of hydrogen-bond donors (Lipinski definition) is 2. The average Bonchev–Trinajstić information content (AvgIpc) is 3.37. The van der Waals surface area contributed by atoms with Gasteiger partial charge < -0.3 is 4.98 Å². The Hall–Kier alpha value is -4.51. The van der Waals surface area contributed by atoms with Crippen LogP contribution in [-0.4, -0.2) is 28.0 Å². The van der Waals surface area contributed by atoms with Gasteiger partial charge in [-0.2, -0.15) is 5.26 Å². The number of imidazole rings is 1. The van der Waals surface area contributed by atoms with Crippen LogP contribution in [0.5, 0.6) is 0 Å². The molecule has 158 valence electrons. The minimum Gasteiger partial charge on any atom is -0.331 e. The molecule has 0 saturated carbocycles. The number of rotatable bonds is 5. The van der Waals surface area contributed by atoms with Crippen molar-refractivity contribution in [3.63, 3.8) is 0 Å². The molecular weight excluding hydrogens is 405 g/mol. The van der Waals surface area contributed by atoms with E-state index in [1.807, 2.05) is 30.5 Å². The topological polar surface area (TPSA) is 93.0 Å². The number of aromatic nitrogens is 3. The number of anilines is 1. The second kappa shape index (κ2) is 9.53. The van der Waals surface area contributed by atoms with Gasteiger partial charge in [-0.25, -0.2) is 9.37 Å². The van der Waals surface area contributed by atoms with Crippen molar-refractivity contribution in [1.82, 2.24) is 20.3 Å². The van der Waals surface area contributed by atoms with Crippen LogP contribution < -0.4 is 10.2 Å². The van der Waals surface area contributed by atoms with Gasteiger partial charge in [0.2, 0.25) is 11.9 Å². The Morgan fingerprint density at radius 1 is 1.06 bits per heavy atom. The first-order valence-corrected chi connectivity index (χ1v) is 9.87. The number of guanidine groups is 1. The highest BCUT2D eigenvalue weighted by molar-refractivity contribution is 5.95. The lowest BCUT2D eigenvalue weighted by atomic mass is 9.93. The van der Waals surface area contributed by atoms with Crippen LogP contribution in [0.25, 0.3) is 22.3 Å². The smallest absolute Gasteiger partial charge is 0.214 e. The fourth-order valence-corrected chi connectivity index (χ4v) is 3.47. The van der Waals surface area contributed by atoms with Crippen molar-refractivity contribution in [2.24, 2.45) is 4.99 Å². The molecule has 2 aromatic heterocycles. The third-order valence-corrected chi connectivity index (χ3v) is 4.95. The minimum atomic E-state index is -0.277. The molecule has 0 aliphatic rings. The number of nitriles is 1. The quantitative estimate of drug-likeness (QED) is 0.215. The summed E-state index contributed by atoms with van der Waals surface area (Å²) in [4.78, 5) is 17.5. The third-order valence-electron chi connectivity index (χ3n) is 4.95. The van der Waals surface area contributed by atoms with Crippen LogP contribution in [0, 0.1) is 17.3 Å². The SMILES string of the molecule is CN=C(NC#N)N(Cc1ccc(-c2ccc(F)cc2)c(-c2ccncc2)c1)c1ncc[nH]1. The molecule has 0 atom stereocenters. The number of nitrogens with one attached hydrogen (secondary N) is 2. The molecular formula is C24H20FN7. The summed E-state index contributed by atoms with van der Waals surface area (Å²) < 4.78 is 13.5. The van der Waals surface area contributed by atoms with Gasteiger partial charge in [0.15, 0.2) is 6.19 Å². The number of H-pyrrole nitrogens is 1. The van der Waals surface area contributed by atoms with Gasteiger partial charge in [-0.05, 0) is 58.1 Å². The Morgan fingerprint density at radius 3 is 2.47 bits per heavy atom. The van der Waals surface area contributed by atoms with E-state index >= 15 is 0 Å². The zero-order valence-corrected chi connectivity index (χ0v) is 17.3. The van der Waals surface area contributed by atoms with Gasteiger partial charge in [0.25, 0.3) is 0 Å². The highest BCUT2D eigenvalue weighted by Gasteiger charge is 2.17. The van der Waals surface area contributed by atoms with Crippen LogP contribution in [0.3, 0.4) is 0 Å². The average molecular weight is 425 g/mol. The van der Waals surface area contributed by atoms with Gasteiger partial charge in [-0.3, -0.25) is 20.2 Å². The number of aliphatic imine (C=N–C) groups is 1. The molecule has 7 nitrogen and oxygen atoms in total. The largest absolute Gasteiger partial charge is 0.331 e. The van der Waals surface area contributed by atoms with E-state index in [2.05, 4.69) is 31.3 Å². The molecule has 8 heteroatoms. The molecule has 0 radical (unpaired) electrons. The highest BCUT2D eigenvalue weighted by Crippen LogP contribution is 2.33. The van der Waals surface area contributed by atoms with Crippen LogP contribution in [0.15, 0.2) is 84.4 Å². The molecule has 0 fully saturated rings. The summed E-state index contributed by atoms with van der Waals surface area (Å²) in [6, 6.07) is 16.4. The first-order valence-electron chi connectivity index (χ1n) is 9.87. The molecule has 32 heavy (non-hydrogen) atoms. The number of pyridine rings is 1. The standard InChI is InChI=1S/C24H20FN7/c1-27-23(31-16-26)32(24-29-12-13-30-24)15-17-2-7-21(18-3-5-20(25)6-4-18)22(14-17)19-8-10-28-11-9-19/h2-14H,15H2,1H3,(H,27,31)(H,29,30). The Morgan fingerprint density at radius 2 is 1.81 bits per heavy atom. The van der Waals surface area contributed by atoms with E-state index in [0.29, 0.717) is 18.5 Å². The summed E-state index contributed by atoms with van der Waals surface area (Å²) in [5, 5.41) is 11.7. The fourth-order valence-electron chi connectivity index (χ4n) is 3.47. The normalized spacial score (nSPS) is 11.1. The first-order chi connectivity index (χ1) is 15.7. The molecule has 2 aromatic carbocycles. The Labute approximate surface area is 184 Å². The molecule has 0 aliphatic heterocycles. The predicted octanol–water partition coefficient (Wildman–Crippen LogP) is 4.34. The lowest BCUT2D eigenvalue weighted by molar-refractivity contribution is 0.628. The number of aromatic amines is 1. The number of hydrogen-bond acceptors (Lipinski definition) is 4. The van der Waals surface area contributed by atoms with Crippen LogP contribution in [0.2, 0.25) is 0 Å². The van der Waals surface area contributed by atoms with E-state index in [4.69, 9.17) is 5.26 Å². The van der Waals surface area contributed by atoms with Gasteiger partial charge in [-0.15, -0.1) is 0 Å². The van der Waals surface area contributed by atoms with E-state index in [9.17, 15) is 4.39 Å². The van der Waals surface area contributed by atoms with E-state index in [1.165, 1.54) is 12.1 Å². The summed E-state index contributed by atoms with van der Waals surface area (Å²) in [5.74, 6) is 0.651. The fraction of sp³-hybridized carbons (Fsp3) is 0.0833. The minimum absolute atomic E-state index is 0.277. The van der Waals surface area contributed by atoms with Crippen LogP contribution in [-0.2, 0) is 6.54 Å². The van der Waals surface area contributed by atoms with Gasteiger partial charge in [0.1, 0.15) is 5.82 Å². The Balaban J connectivity index is 1.78. The summed E-state index contributed by atoms with van der Waals surface area (Å²) in [5.41, 5.74) is 4.84. The molecule has 0 saturated heterocycles. The lowest BCUT2D eigenvalue weighted by Gasteiger charge is -2.23. The molecule has 0 aliphatic carbocycles. The summed E-state index contributed by atoms with van der Waals surface area (Å²) in [7, 11) is 1.61. The van der Waals surface area contributed by atoms with Crippen LogP contribution in [0.1, 0.15) is 5.56 Å². The maximum absolute atomic E-state index is 13.5. The number of nitrogens with zero attached hydrogens (tertiary/aromatic N) is 5. The molecule has 4 aromatic rings. The number of halogens is 1. The molecule has 0 spiro atoms. The Bertz CT molecular complexity index is 1240. The van der Waals surface area contributed by atoms with Crippen molar-refractivity contribution in [2.75, 3.05) is 11.9 Å². The van der Waals surface area contributed by atoms with Crippen molar-refractivity contribution >= 4 is 11.9 Å². The van der Waals surface area contributed by atoms with Crippen molar-refractivity contribution in [3.05, 3.63) is 90.8 Å². The van der Waals surface area contributed by atoms with Gasteiger partial charge in [0.05, 0.1) is 6.54 Å². The van der Waals surface area contributed by atoms with E-state index < -0.39 is 0 Å². The molecule has 0 amide bonds. The van der Waals surface area contributed by atoms with Gasteiger partial charge >= 0.3 is 0 Å². The summed E-state index contributed by atoms with van der Waals surface area (Å²) >= 11 is 0. The van der Waals surface area contributed by atoms with Crippen LogP contribution >= 0.6 is 0 Å².